The molecule has 0 radical (unpaired) electrons. The van der Waals surface area contributed by atoms with Crippen LogP contribution in [-0.2, 0) is 11.8 Å². The Morgan fingerprint density at radius 2 is 1.65 bits per heavy atom. The average molecular weight is 412 g/mol. The summed E-state index contributed by atoms with van der Waals surface area (Å²) in [5.41, 5.74) is 7.97. The minimum absolute atomic E-state index is 0.171. The molecule has 3 aromatic rings. The number of allylic oxidation sites excluding steroid dienone is 1. The lowest BCUT2D eigenvalue weighted by Gasteiger charge is -2.33. The lowest BCUT2D eigenvalue weighted by molar-refractivity contribution is 0.102. The number of nitrogens with one attached hydrogen (secondary N) is 1. The van der Waals surface area contributed by atoms with Crippen LogP contribution in [0.3, 0.4) is 0 Å². The zero-order chi connectivity index (χ0) is 22.0. The van der Waals surface area contributed by atoms with Crippen molar-refractivity contribution in [3.05, 3.63) is 94.5 Å². The number of amides is 1. The summed E-state index contributed by atoms with van der Waals surface area (Å²) in [6.07, 6.45) is 5.84. The summed E-state index contributed by atoms with van der Waals surface area (Å²) < 4.78 is 0. The van der Waals surface area contributed by atoms with E-state index in [4.69, 9.17) is 0 Å². The van der Waals surface area contributed by atoms with Crippen molar-refractivity contribution in [2.45, 2.75) is 45.4 Å². The standard InChI is InChI=1S/C28H29NO2/c1-19(23-11-10-21-5-4-16-28(2,3)26(21)18-23)17-20-6-8-22(9-7-20)27(31)29-24-12-14-25(30)15-13-24/h6-15,17-18,30H,4-5,16H2,1-3H3,(H,29,31). The van der Waals surface area contributed by atoms with Crippen LogP contribution in [0.1, 0.15) is 66.2 Å². The van der Waals surface area contributed by atoms with Crippen LogP contribution < -0.4 is 5.32 Å². The molecule has 1 amide bonds. The largest absolute Gasteiger partial charge is 0.508 e. The lowest BCUT2D eigenvalue weighted by Crippen LogP contribution is -2.23. The van der Waals surface area contributed by atoms with Gasteiger partial charge in [-0.25, -0.2) is 0 Å². The molecule has 158 valence electrons. The number of hydrogen-bond donors (Lipinski definition) is 2. The van der Waals surface area contributed by atoms with E-state index in [2.05, 4.69) is 50.4 Å². The molecular formula is C28H29NO2. The Morgan fingerprint density at radius 1 is 0.968 bits per heavy atom. The van der Waals surface area contributed by atoms with Gasteiger partial charge in [-0.15, -0.1) is 0 Å². The van der Waals surface area contributed by atoms with Crippen molar-refractivity contribution < 1.29 is 9.90 Å². The Bertz CT molecular complexity index is 1120. The van der Waals surface area contributed by atoms with Gasteiger partial charge < -0.3 is 10.4 Å². The van der Waals surface area contributed by atoms with Gasteiger partial charge in [0, 0.05) is 11.3 Å². The van der Waals surface area contributed by atoms with Crippen LogP contribution in [-0.4, -0.2) is 11.0 Å². The molecule has 3 heteroatoms. The van der Waals surface area contributed by atoms with E-state index in [0.717, 1.165) is 5.56 Å². The molecule has 0 bridgehead atoms. The molecule has 31 heavy (non-hydrogen) atoms. The van der Waals surface area contributed by atoms with Gasteiger partial charge in [-0.05, 0) is 95.8 Å². The SMILES string of the molecule is CC(=Cc1ccc(C(=O)Nc2ccc(O)cc2)cc1)c1ccc2c(c1)C(C)(C)CCC2. The third kappa shape index (κ3) is 4.72. The summed E-state index contributed by atoms with van der Waals surface area (Å²) in [6.45, 7) is 6.83. The summed E-state index contributed by atoms with van der Waals surface area (Å²) in [4.78, 5) is 12.5. The lowest BCUT2D eigenvalue weighted by atomic mass is 9.72. The summed E-state index contributed by atoms with van der Waals surface area (Å²) >= 11 is 0. The Balaban J connectivity index is 1.50. The molecule has 3 nitrogen and oxygen atoms in total. The van der Waals surface area contributed by atoms with E-state index in [9.17, 15) is 9.90 Å². The average Bonchev–Trinajstić information content (AvgIpc) is 2.75. The van der Waals surface area contributed by atoms with Gasteiger partial charge in [0.05, 0.1) is 0 Å². The van der Waals surface area contributed by atoms with Crippen molar-refractivity contribution in [1.82, 2.24) is 0 Å². The number of carbonyl (C=O) groups is 1. The van der Waals surface area contributed by atoms with Gasteiger partial charge in [0.25, 0.3) is 5.91 Å². The van der Waals surface area contributed by atoms with Gasteiger partial charge in [0.1, 0.15) is 5.75 Å². The maximum absolute atomic E-state index is 12.5. The van der Waals surface area contributed by atoms with Crippen LogP contribution >= 0.6 is 0 Å². The van der Waals surface area contributed by atoms with E-state index in [1.165, 1.54) is 41.5 Å². The molecule has 0 spiro atoms. The molecule has 0 aliphatic heterocycles. The van der Waals surface area contributed by atoms with Crippen LogP contribution in [0.2, 0.25) is 0 Å². The van der Waals surface area contributed by atoms with Crippen molar-refractivity contribution in [3.63, 3.8) is 0 Å². The molecule has 2 N–H and O–H groups in total. The number of carbonyl (C=O) groups excluding carboxylic acids is 1. The molecule has 1 aliphatic rings. The third-order valence-corrected chi connectivity index (χ3v) is 6.22. The molecule has 1 aliphatic carbocycles. The second kappa shape index (κ2) is 8.43. The molecule has 0 saturated carbocycles. The van der Waals surface area contributed by atoms with E-state index in [-0.39, 0.29) is 17.1 Å². The highest BCUT2D eigenvalue weighted by Gasteiger charge is 2.27. The van der Waals surface area contributed by atoms with Crippen molar-refractivity contribution in [3.8, 4) is 5.75 Å². The zero-order valence-electron chi connectivity index (χ0n) is 18.4. The van der Waals surface area contributed by atoms with Gasteiger partial charge in [0.2, 0.25) is 0 Å². The minimum Gasteiger partial charge on any atom is -0.508 e. The maximum Gasteiger partial charge on any atom is 0.255 e. The second-order valence-corrected chi connectivity index (χ2v) is 9.06. The number of phenols is 1. The minimum atomic E-state index is -0.171. The van der Waals surface area contributed by atoms with Gasteiger partial charge in [-0.3, -0.25) is 4.79 Å². The molecule has 0 heterocycles. The van der Waals surface area contributed by atoms with E-state index in [1.807, 2.05) is 24.3 Å². The molecule has 0 fully saturated rings. The summed E-state index contributed by atoms with van der Waals surface area (Å²) in [5.74, 6) is 0.00172. The summed E-state index contributed by atoms with van der Waals surface area (Å²) in [5, 5.41) is 12.2. The molecule has 0 saturated heterocycles. The monoisotopic (exact) mass is 411 g/mol. The smallest absolute Gasteiger partial charge is 0.255 e. The number of hydrogen-bond acceptors (Lipinski definition) is 2. The Labute approximate surface area is 184 Å². The number of rotatable bonds is 4. The normalized spacial score (nSPS) is 15.3. The fourth-order valence-corrected chi connectivity index (χ4v) is 4.34. The Morgan fingerprint density at radius 3 is 2.35 bits per heavy atom. The highest BCUT2D eigenvalue weighted by Crippen LogP contribution is 2.38. The first-order valence-corrected chi connectivity index (χ1v) is 10.8. The molecule has 0 aromatic heterocycles. The number of benzene rings is 3. The number of phenolic OH excluding ortho intramolecular Hbond substituents is 1. The fourth-order valence-electron chi connectivity index (χ4n) is 4.34. The first-order valence-electron chi connectivity index (χ1n) is 10.8. The number of anilines is 1. The van der Waals surface area contributed by atoms with Crippen molar-refractivity contribution in [2.24, 2.45) is 0 Å². The predicted molar refractivity (Wildman–Crippen MR) is 128 cm³/mol. The Hall–Kier alpha value is -3.33. The van der Waals surface area contributed by atoms with Crippen LogP contribution in [0.5, 0.6) is 5.75 Å². The molecule has 4 rings (SSSR count). The highest BCUT2D eigenvalue weighted by atomic mass is 16.3. The molecule has 3 aromatic carbocycles. The van der Waals surface area contributed by atoms with Crippen LogP contribution in [0.4, 0.5) is 5.69 Å². The van der Waals surface area contributed by atoms with Crippen molar-refractivity contribution in [1.29, 1.82) is 0 Å². The predicted octanol–water partition coefficient (Wildman–Crippen LogP) is 6.82. The van der Waals surface area contributed by atoms with Gasteiger partial charge in [-0.2, -0.15) is 0 Å². The quantitative estimate of drug-likeness (QED) is 0.366. The van der Waals surface area contributed by atoms with Crippen LogP contribution in [0.15, 0.2) is 66.7 Å². The first-order chi connectivity index (χ1) is 14.8. The van der Waals surface area contributed by atoms with E-state index in [1.54, 1.807) is 24.3 Å². The molecular weight excluding hydrogens is 382 g/mol. The Kier molecular flexibility index (Phi) is 5.69. The fraction of sp³-hybridized carbons (Fsp3) is 0.250. The highest BCUT2D eigenvalue weighted by molar-refractivity contribution is 6.04. The zero-order valence-corrected chi connectivity index (χ0v) is 18.4. The number of fused-ring (bicyclic) bond motifs is 1. The van der Waals surface area contributed by atoms with Crippen LogP contribution in [0, 0.1) is 0 Å². The van der Waals surface area contributed by atoms with E-state index in [0.29, 0.717) is 11.3 Å². The van der Waals surface area contributed by atoms with Crippen molar-refractivity contribution in [2.75, 3.05) is 5.32 Å². The van der Waals surface area contributed by atoms with E-state index >= 15 is 0 Å². The molecule has 0 unspecified atom stereocenters. The first kappa shape index (κ1) is 20.9. The van der Waals surface area contributed by atoms with Gasteiger partial charge in [0.15, 0.2) is 0 Å². The van der Waals surface area contributed by atoms with Crippen LogP contribution in [0.25, 0.3) is 11.6 Å². The number of aromatic hydroxyl groups is 1. The van der Waals surface area contributed by atoms with E-state index < -0.39 is 0 Å². The number of aryl methyl sites for hydroxylation is 1. The van der Waals surface area contributed by atoms with Crippen molar-refractivity contribution >= 4 is 23.2 Å². The van der Waals surface area contributed by atoms with Gasteiger partial charge in [-0.1, -0.05) is 50.3 Å². The third-order valence-electron chi connectivity index (χ3n) is 6.22. The van der Waals surface area contributed by atoms with Gasteiger partial charge >= 0.3 is 0 Å². The second-order valence-electron chi connectivity index (χ2n) is 9.06. The topological polar surface area (TPSA) is 49.3 Å². The molecule has 0 atom stereocenters. The summed E-state index contributed by atoms with van der Waals surface area (Å²) in [7, 11) is 0. The summed E-state index contributed by atoms with van der Waals surface area (Å²) in [6, 6.07) is 20.9. The maximum atomic E-state index is 12.5.